The van der Waals surface area contributed by atoms with Crippen LogP contribution in [0.4, 0.5) is 0 Å². The highest BCUT2D eigenvalue weighted by Crippen LogP contribution is 2.16. The van der Waals surface area contributed by atoms with E-state index in [2.05, 4.69) is 17.5 Å². The van der Waals surface area contributed by atoms with Crippen LogP contribution in [0, 0.1) is 0 Å². The van der Waals surface area contributed by atoms with E-state index in [9.17, 15) is 5.11 Å². The van der Waals surface area contributed by atoms with Crippen molar-refractivity contribution in [3.8, 4) is 5.75 Å². The minimum Gasteiger partial charge on any atom is -0.507 e. The number of nitrogens with one attached hydrogen (secondary N) is 1. The van der Waals surface area contributed by atoms with Gasteiger partial charge in [-0.1, -0.05) is 18.2 Å². The Morgan fingerprint density at radius 1 is 1.46 bits per heavy atom. The van der Waals surface area contributed by atoms with Crippen molar-refractivity contribution < 1.29 is 5.11 Å². The van der Waals surface area contributed by atoms with Crippen LogP contribution < -0.4 is 11.1 Å². The Balaban J connectivity index is 2.68. The van der Waals surface area contributed by atoms with Gasteiger partial charge < -0.3 is 16.2 Å². The van der Waals surface area contributed by atoms with E-state index in [1.165, 1.54) is 0 Å². The second-order valence-electron chi connectivity index (χ2n) is 2.40. The van der Waals surface area contributed by atoms with Crippen LogP contribution in [-0.2, 0) is 0 Å². The van der Waals surface area contributed by atoms with Gasteiger partial charge in [0.15, 0.2) is 5.11 Å². The summed E-state index contributed by atoms with van der Waals surface area (Å²) >= 11 is 4.60. The summed E-state index contributed by atoms with van der Waals surface area (Å²) in [6.07, 6.45) is 3.27. The summed E-state index contributed by atoms with van der Waals surface area (Å²) < 4.78 is 0. The van der Waals surface area contributed by atoms with E-state index in [0.717, 1.165) is 0 Å². The molecule has 0 fully saturated rings. The first-order chi connectivity index (χ1) is 6.20. The van der Waals surface area contributed by atoms with Gasteiger partial charge in [0, 0.05) is 11.8 Å². The number of phenolic OH excluding ortho intramolecular Hbond substituents is 1. The Hall–Kier alpha value is -1.55. The Kier molecular flexibility index (Phi) is 3.28. The second-order valence-corrected chi connectivity index (χ2v) is 2.84. The minimum absolute atomic E-state index is 0.201. The average molecular weight is 194 g/mol. The highest BCUT2D eigenvalue weighted by atomic mass is 32.1. The summed E-state index contributed by atoms with van der Waals surface area (Å²) in [5.74, 6) is 0.225. The summed E-state index contributed by atoms with van der Waals surface area (Å²) in [5, 5.41) is 12.2. The fraction of sp³-hybridized carbons (Fsp3) is 0. The SMILES string of the molecule is NC(=S)NC=Cc1ccccc1O. The number of phenols is 1. The molecule has 0 aromatic heterocycles. The summed E-state index contributed by atoms with van der Waals surface area (Å²) in [5.41, 5.74) is 5.92. The highest BCUT2D eigenvalue weighted by Gasteiger charge is 1.92. The van der Waals surface area contributed by atoms with E-state index in [-0.39, 0.29) is 10.9 Å². The molecule has 0 aliphatic carbocycles. The van der Waals surface area contributed by atoms with Gasteiger partial charge >= 0.3 is 0 Å². The van der Waals surface area contributed by atoms with Crippen molar-refractivity contribution in [1.29, 1.82) is 0 Å². The molecule has 4 heteroatoms. The maximum absolute atomic E-state index is 9.33. The number of benzene rings is 1. The molecule has 4 N–H and O–H groups in total. The molecule has 0 radical (unpaired) electrons. The smallest absolute Gasteiger partial charge is 0.167 e. The van der Waals surface area contributed by atoms with Crippen molar-refractivity contribution in [3.63, 3.8) is 0 Å². The van der Waals surface area contributed by atoms with Crippen LogP contribution in [0.5, 0.6) is 5.75 Å². The minimum atomic E-state index is 0.201. The van der Waals surface area contributed by atoms with E-state index in [0.29, 0.717) is 5.56 Å². The van der Waals surface area contributed by atoms with Crippen molar-refractivity contribution in [2.45, 2.75) is 0 Å². The molecule has 0 aliphatic rings. The fourth-order valence-corrected chi connectivity index (χ4v) is 0.910. The van der Waals surface area contributed by atoms with Crippen LogP contribution in [0.25, 0.3) is 6.08 Å². The quantitative estimate of drug-likeness (QED) is 0.619. The number of para-hydroxylation sites is 1. The summed E-state index contributed by atoms with van der Waals surface area (Å²) in [6, 6.07) is 6.99. The predicted molar refractivity (Wildman–Crippen MR) is 57.1 cm³/mol. The van der Waals surface area contributed by atoms with Crippen LogP contribution in [-0.4, -0.2) is 10.2 Å². The lowest BCUT2D eigenvalue weighted by molar-refractivity contribution is 0.474. The van der Waals surface area contributed by atoms with Crippen LogP contribution in [0.3, 0.4) is 0 Å². The van der Waals surface area contributed by atoms with Gasteiger partial charge in [-0.2, -0.15) is 0 Å². The number of hydrogen-bond donors (Lipinski definition) is 3. The third kappa shape index (κ3) is 3.13. The normalized spacial score (nSPS) is 10.2. The number of aromatic hydroxyl groups is 1. The number of rotatable bonds is 2. The molecule has 0 amide bonds. The lowest BCUT2D eigenvalue weighted by atomic mass is 10.2. The molecule has 0 aliphatic heterocycles. The fourth-order valence-electron chi connectivity index (χ4n) is 0.842. The third-order valence-corrected chi connectivity index (χ3v) is 1.54. The van der Waals surface area contributed by atoms with Gasteiger partial charge in [-0.15, -0.1) is 0 Å². The molecule has 1 aromatic carbocycles. The highest BCUT2D eigenvalue weighted by molar-refractivity contribution is 7.80. The van der Waals surface area contributed by atoms with Crippen LogP contribution >= 0.6 is 12.2 Å². The van der Waals surface area contributed by atoms with Crippen molar-refractivity contribution in [1.82, 2.24) is 5.32 Å². The van der Waals surface area contributed by atoms with Crippen molar-refractivity contribution in [2.75, 3.05) is 0 Å². The zero-order chi connectivity index (χ0) is 9.68. The van der Waals surface area contributed by atoms with Gasteiger partial charge in [-0.3, -0.25) is 0 Å². The number of hydrogen-bond acceptors (Lipinski definition) is 2. The van der Waals surface area contributed by atoms with Crippen molar-refractivity contribution >= 4 is 23.4 Å². The molecular formula is C9H10N2OS. The molecule has 1 rings (SSSR count). The first kappa shape index (κ1) is 9.54. The van der Waals surface area contributed by atoms with Crippen molar-refractivity contribution in [3.05, 3.63) is 36.0 Å². The first-order valence-corrected chi connectivity index (χ1v) is 4.11. The van der Waals surface area contributed by atoms with E-state index in [4.69, 9.17) is 5.73 Å². The second kappa shape index (κ2) is 4.47. The van der Waals surface area contributed by atoms with Gasteiger partial charge in [-0.05, 0) is 24.4 Å². The van der Waals surface area contributed by atoms with E-state index < -0.39 is 0 Å². The van der Waals surface area contributed by atoms with Gasteiger partial charge in [0.1, 0.15) is 5.75 Å². The number of nitrogens with two attached hydrogens (primary N) is 1. The van der Waals surface area contributed by atoms with E-state index in [1.807, 2.05) is 6.07 Å². The van der Waals surface area contributed by atoms with Gasteiger partial charge in [0.25, 0.3) is 0 Å². The number of thiocarbonyl (C=S) groups is 1. The molecule has 3 nitrogen and oxygen atoms in total. The predicted octanol–water partition coefficient (Wildman–Crippen LogP) is 1.20. The standard InChI is InChI=1S/C9H10N2OS/c10-9(13)11-6-5-7-3-1-2-4-8(7)12/h1-6,12H,(H3,10,11,13). The molecule has 0 bridgehead atoms. The molecule has 0 saturated heterocycles. The Morgan fingerprint density at radius 3 is 2.77 bits per heavy atom. The Labute approximate surface area is 81.9 Å². The van der Waals surface area contributed by atoms with Crippen LogP contribution in [0.15, 0.2) is 30.5 Å². The molecule has 1 aromatic rings. The molecule has 0 heterocycles. The molecule has 0 spiro atoms. The largest absolute Gasteiger partial charge is 0.507 e. The molecule has 13 heavy (non-hydrogen) atoms. The Morgan fingerprint density at radius 2 is 2.15 bits per heavy atom. The zero-order valence-electron chi connectivity index (χ0n) is 6.90. The maximum atomic E-state index is 9.33. The lowest BCUT2D eigenvalue weighted by Crippen LogP contribution is -2.23. The molecular weight excluding hydrogens is 184 g/mol. The average Bonchev–Trinajstić information content (AvgIpc) is 2.08. The molecule has 0 atom stereocenters. The lowest BCUT2D eigenvalue weighted by Gasteiger charge is -1.97. The Bertz CT molecular complexity index is 336. The van der Waals surface area contributed by atoms with E-state index in [1.54, 1.807) is 30.5 Å². The van der Waals surface area contributed by atoms with Crippen LogP contribution in [0.1, 0.15) is 5.56 Å². The molecule has 0 saturated carbocycles. The van der Waals surface area contributed by atoms with E-state index >= 15 is 0 Å². The molecule has 0 unspecified atom stereocenters. The topological polar surface area (TPSA) is 58.3 Å². The monoisotopic (exact) mass is 194 g/mol. The third-order valence-electron chi connectivity index (χ3n) is 1.43. The summed E-state index contributed by atoms with van der Waals surface area (Å²) in [6.45, 7) is 0. The first-order valence-electron chi connectivity index (χ1n) is 3.70. The van der Waals surface area contributed by atoms with Crippen LogP contribution in [0.2, 0.25) is 0 Å². The van der Waals surface area contributed by atoms with Gasteiger partial charge in [0.05, 0.1) is 0 Å². The van der Waals surface area contributed by atoms with Gasteiger partial charge in [0.2, 0.25) is 0 Å². The zero-order valence-corrected chi connectivity index (χ0v) is 7.71. The maximum Gasteiger partial charge on any atom is 0.167 e. The summed E-state index contributed by atoms with van der Waals surface area (Å²) in [7, 11) is 0. The summed E-state index contributed by atoms with van der Waals surface area (Å²) in [4.78, 5) is 0. The van der Waals surface area contributed by atoms with Gasteiger partial charge in [-0.25, -0.2) is 0 Å². The van der Waals surface area contributed by atoms with Crippen molar-refractivity contribution in [2.24, 2.45) is 5.73 Å². The molecule has 68 valence electrons.